The van der Waals surface area contributed by atoms with Gasteiger partial charge in [0.1, 0.15) is 12.1 Å². The number of hydrogen-bond acceptors (Lipinski definition) is 5. The van der Waals surface area contributed by atoms with Crippen LogP contribution in [-0.2, 0) is 14.3 Å². The number of amides is 1. The molecule has 7 heteroatoms. The van der Waals surface area contributed by atoms with Crippen molar-refractivity contribution in [2.45, 2.75) is 43.9 Å². The van der Waals surface area contributed by atoms with Crippen LogP contribution < -0.4 is 5.73 Å². The van der Waals surface area contributed by atoms with E-state index in [0.29, 0.717) is 13.1 Å². The number of rotatable bonds is 5. The minimum atomic E-state index is -0.728. The van der Waals surface area contributed by atoms with Gasteiger partial charge in [0.2, 0.25) is 0 Å². The summed E-state index contributed by atoms with van der Waals surface area (Å²) in [6.45, 7) is 2.32. The lowest BCUT2D eigenvalue weighted by Gasteiger charge is -2.39. The third kappa shape index (κ3) is 3.53. The largest absolute Gasteiger partial charge is 0.480 e. The summed E-state index contributed by atoms with van der Waals surface area (Å²) in [6.07, 6.45) is 2.73. The van der Waals surface area contributed by atoms with Crippen molar-refractivity contribution in [2.24, 2.45) is 5.73 Å². The molecule has 0 aromatic carbocycles. The van der Waals surface area contributed by atoms with Crippen molar-refractivity contribution in [2.75, 3.05) is 33.3 Å². The number of nitrogens with two attached hydrogens (primary N) is 1. The van der Waals surface area contributed by atoms with Gasteiger partial charge in [-0.3, -0.25) is 14.5 Å². The molecule has 2 unspecified atom stereocenters. The third-order valence-electron chi connectivity index (χ3n) is 4.60. The topological polar surface area (TPSA) is 96.1 Å². The van der Waals surface area contributed by atoms with Gasteiger partial charge in [0.05, 0.1) is 0 Å². The van der Waals surface area contributed by atoms with Crippen LogP contribution in [0.4, 0.5) is 0 Å². The lowest BCUT2D eigenvalue weighted by atomic mass is 10.0. The zero-order valence-electron chi connectivity index (χ0n) is 12.5. The number of nitrogens with zero attached hydrogens (tertiary/aromatic N) is 2. The molecular formula is C14H25N3O4. The van der Waals surface area contributed by atoms with Crippen molar-refractivity contribution in [3.05, 3.63) is 0 Å². The quantitative estimate of drug-likeness (QED) is 0.710. The fraction of sp³-hybridized carbons (Fsp3) is 0.857. The van der Waals surface area contributed by atoms with E-state index in [9.17, 15) is 14.7 Å². The van der Waals surface area contributed by atoms with Crippen LogP contribution in [0.25, 0.3) is 0 Å². The van der Waals surface area contributed by atoms with Crippen molar-refractivity contribution >= 4 is 11.9 Å². The van der Waals surface area contributed by atoms with Crippen LogP contribution in [0.15, 0.2) is 0 Å². The standard InChI is InChI=1S/C14H25N3O4/c1-21-12(9-15)13(18)16-7-4-10(5-8-16)17-6-2-3-11(17)14(19)20/h10-12H,2-9,15H2,1H3,(H,19,20). The highest BCUT2D eigenvalue weighted by Crippen LogP contribution is 2.26. The molecule has 2 saturated heterocycles. The van der Waals surface area contributed by atoms with Crippen LogP contribution in [-0.4, -0.2) is 78.3 Å². The highest BCUT2D eigenvalue weighted by Gasteiger charge is 2.37. The highest BCUT2D eigenvalue weighted by atomic mass is 16.5. The molecule has 2 aliphatic heterocycles. The van der Waals surface area contributed by atoms with Gasteiger partial charge in [-0.05, 0) is 32.2 Å². The maximum Gasteiger partial charge on any atom is 0.320 e. The van der Waals surface area contributed by atoms with Gasteiger partial charge in [-0.2, -0.15) is 0 Å². The van der Waals surface area contributed by atoms with E-state index in [0.717, 1.165) is 32.2 Å². The summed E-state index contributed by atoms with van der Waals surface area (Å²) >= 11 is 0. The van der Waals surface area contributed by atoms with Gasteiger partial charge in [-0.15, -0.1) is 0 Å². The Kier molecular flexibility index (Phi) is 5.55. The number of aliphatic carboxylic acids is 1. The molecule has 0 radical (unpaired) electrons. The van der Waals surface area contributed by atoms with E-state index in [2.05, 4.69) is 4.90 Å². The Morgan fingerprint density at radius 2 is 1.95 bits per heavy atom. The Labute approximate surface area is 125 Å². The number of carbonyl (C=O) groups is 2. The zero-order chi connectivity index (χ0) is 15.4. The molecule has 3 N–H and O–H groups in total. The van der Waals surface area contributed by atoms with Gasteiger partial charge in [0, 0.05) is 32.8 Å². The highest BCUT2D eigenvalue weighted by molar-refractivity contribution is 5.81. The van der Waals surface area contributed by atoms with Crippen LogP contribution in [0.3, 0.4) is 0 Å². The van der Waals surface area contributed by atoms with Gasteiger partial charge in [-0.25, -0.2) is 0 Å². The Hall–Kier alpha value is -1.18. The first kappa shape index (κ1) is 16.2. The Morgan fingerprint density at radius 1 is 1.29 bits per heavy atom. The van der Waals surface area contributed by atoms with Crippen LogP contribution >= 0.6 is 0 Å². The fourth-order valence-electron chi connectivity index (χ4n) is 3.41. The predicted octanol–water partition coefficient (Wildman–Crippen LogP) is -0.500. The molecule has 2 rings (SSSR count). The molecule has 7 nitrogen and oxygen atoms in total. The Morgan fingerprint density at radius 3 is 2.48 bits per heavy atom. The molecule has 120 valence electrons. The van der Waals surface area contributed by atoms with Crippen molar-refractivity contribution in [3.63, 3.8) is 0 Å². The first-order valence-corrected chi connectivity index (χ1v) is 7.58. The van der Waals surface area contributed by atoms with E-state index in [4.69, 9.17) is 10.5 Å². The van der Waals surface area contributed by atoms with Crippen LogP contribution in [0.5, 0.6) is 0 Å². The molecule has 2 heterocycles. The van der Waals surface area contributed by atoms with E-state index in [-0.39, 0.29) is 24.5 Å². The molecule has 21 heavy (non-hydrogen) atoms. The number of carboxylic acid groups (broad SMARTS) is 1. The normalized spacial score (nSPS) is 26.0. The second-order valence-corrected chi connectivity index (χ2v) is 5.75. The Balaban J connectivity index is 1.88. The first-order valence-electron chi connectivity index (χ1n) is 7.58. The van der Waals surface area contributed by atoms with Gasteiger partial charge in [0.25, 0.3) is 5.91 Å². The average Bonchev–Trinajstić information content (AvgIpc) is 2.98. The smallest absolute Gasteiger partial charge is 0.320 e. The molecule has 2 aliphatic rings. The summed E-state index contributed by atoms with van der Waals surface area (Å²) in [5.41, 5.74) is 5.52. The van der Waals surface area contributed by atoms with Crippen molar-refractivity contribution in [3.8, 4) is 0 Å². The second kappa shape index (κ2) is 7.20. The van der Waals surface area contributed by atoms with E-state index in [1.165, 1.54) is 7.11 Å². The summed E-state index contributed by atoms with van der Waals surface area (Å²) in [7, 11) is 1.49. The average molecular weight is 299 g/mol. The molecule has 0 aliphatic carbocycles. The molecule has 0 aromatic heterocycles. The summed E-state index contributed by atoms with van der Waals surface area (Å²) < 4.78 is 5.09. The van der Waals surface area contributed by atoms with Gasteiger partial charge < -0.3 is 20.5 Å². The molecule has 0 saturated carbocycles. The molecule has 2 fully saturated rings. The summed E-state index contributed by atoms with van der Waals surface area (Å²) in [5, 5.41) is 9.25. The lowest BCUT2D eigenvalue weighted by Crippen LogP contribution is -2.52. The number of carbonyl (C=O) groups excluding carboxylic acids is 1. The maximum absolute atomic E-state index is 12.2. The fourth-order valence-corrected chi connectivity index (χ4v) is 3.41. The number of hydrogen-bond donors (Lipinski definition) is 2. The lowest BCUT2D eigenvalue weighted by molar-refractivity contribution is -0.146. The maximum atomic E-state index is 12.2. The number of ether oxygens (including phenoxy) is 1. The number of likely N-dealkylation sites (tertiary alicyclic amines) is 2. The third-order valence-corrected chi connectivity index (χ3v) is 4.60. The molecular weight excluding hydrogens is 274 g/mol. The molecule has 0 spiro atoms. The molecule has 0 aromatic rings. The summed E-state index contributed by atoms with van der Waals surface area (Å²) in [4.78, 5) is 27.3. The predicted molar refractivity (Wildman–Crippen MR) is 76.8 cm³/mol. The molecule has 0 bridgehead atoms. The van der Waals surface area contributed by atoms with E-state index in [1.807, 2.05) is 0 Å². The molecule has 1 amide bonds. The van der Waals surface area contributed by atoms with Crippen LogP contribution in [0.1, 0.15) is 25.7 Å². The van der Waals surface area contributed by atoms with Crippen molar-refractivity contribution < 1.29 is 19.4 Å². The zero-order valence-corrected chi connectivity index (χ0v) is 12.5. The number of methoxy groups -OCH3 is 1. The van der Waals surface area contributed by atoms with Crippen molar-refractivity contribution in [1.82, 2.24) is 9.80 Å². The van der Waals surface area contributed by atoms with Gasteiger partial charge >= 0.3 is 5.97 Å². The van der Waals surface area contributed by atoms with Crippen LogP contribution in [0, 0.1) is 0 Å². The van der Waals surface area contributed by atoms with E-state index in [1.54, 1.807) is 4.90 Å². The molecule has 2 atom stereocenters. The Bertz CT molecular complexity index is 378. The SMILES string of the molecule is COC(CN)C(=O)N1CCC(N2CCCC2C(=O)O)CC1. The number of carboxylic acids is 1. The minimum Gasteiger partial charge on any atom is -0.480 e. The van der Waals surface area contributed by atoms with E-state index < -0.39 is 12.1 Å². The van der Waals surface area contributed by atoms with Gasteiger partial charge in [-0.1, -0.05) is 0 Å². The second-order valence-electron chi connectivity index (χ2n) is 5.75. The summed E-state index contributed by atoms with van der Waals surface area (Å²) in [6, 6.07) is -0.0930. The van der Waals surface area contributed by atoms with E-state index >= 15 is 0 Å². The summed E-state index contributed by atoms with van der Waals surface area (Å²) in [5.74, 6) is -0.789. The minimum absolute atomic E-state index is 0.0605. The van der Waals surface area contributed by atoms with Crippen LogP contribution in [0.2, 0.25) is 0 Å². The number of piperidine rings is 1. The van der Waals surface area contributed by atoms with Gasteiger partial charge in [0.15, 0.2) is 0 Å². The monoisotopic (exact) mass is 299 g/mol. The first-order chi connectivity index (χ1) is 10.1. The van der Waals surface area contributed by atoms with Crippen molar-refractivity contribution in [1.29, 1.82) is 0 Å².